The average molecular weight is 436 g/mol. The van der Waals surface area contributed by atoms with Crippen LogP contribution in [0.5, 0.6) is 0 Å². The SMILES string of the molecule is O=C(CCCc1nc2ccccc2s1)OCc1cc(=O)n2c(n1)sc1ccccc12. The highest BCUT2D eigenvalue weighted by Gasteiger charge is 2.11. The number of ether oxygens (including phenoxy) is 1. The Hall–Kier alpha value is -3.10. The number of carbonyl (C=O) groups is 1. The van der Waals surface area contributed by atoms with E-state index in [1.54, 1.807) is 15.7 Å². The van der Waals surface area contributed by atoms with Gasteiger partial charge >= 0.3 is 5.97 Å². The summed E-state index contributed by atoms with van der Waals surface area (Å²) in [5.74, 6) is -0.297. The van der Waals surface area contributed by atoms with Crippen molar-refractivity contribution < 1.29 is 9.53 Å². The largest absolute Gasteiger partial charge is 0.459 e. The molecule has 3 heterocycles. The van der Waals surface area contributed by atoms with Crippen LogP contribution in [0.2, 0.25) is 0 Å². The van der Waals surface area contributed by atoms with Gasteiger partial charge in [-0.05, 0) is 37.1 Å². The first kappa shape index (κ1) is 18.9. The Labute approximate surface area is 179 Å². The number of benzene rings is 2. The Morgan fingerprint density at radius 1 is 1.00 bits per heavy atom. The molecule has 30 heavy (non-hydrogen) atoms. The van der Waals surface area contributed by atoms with E-state index in [9.17, 15) is 9.59 Å². The molecule has 5 rings (SSSR count). The van der Waals surface area contributed by atoms with Crippen LogP contribution in [0.3, 0.4) is 0 Å². The first-order chi connectivity index (χ1) is 14.7. The summed E-state index contributed by atoms with van der Waals surface area (Å²) in [6, 6.07) is 17.1. The monoisotopic (exact) mass is 435 g/mol. The Morgan fingerprint density at radius 3 is 2.67 bits per heavy atom. The van der Waals surface area contributed by atoms with E-state index in [4.69, 9.17) is 4.74 Å². The third kappa shape index (κ3) is 3.71. The lowest BCUT2D eigenvalue weighted by atomic mass is 10.2. The predicted octanol–water partition coefficient (Wildman–Crippen LogP) is 4.59. The minimum atomic E-state index is -0.297. The van der Waals surface area contributed by atoms with Gasteiger partial charge in [0.05, 0.1) is 31.1 Å². The fourth-order valence-electron chi connectivity index (χ4n) is 3.33. The maximum atomic E-state index is 12.5. The van der Waals surface area contributed by atoms with Crippen molar-refractivity contribution >= 4 is 54.0 Å². The minimum absolute atomic E-state index is 0.0000434. The first-order valence-corrected chi connectivity index (χ1v) is 11.2. The number of para-hydroxylation sites is 2. The highest BCUT2D eigenvalue weighted by atomic mass is 32.1. The summed E-state index contributed by atoms with van der Waals surface area (Å²) in [6.45, 7) is -0.0000434. The standard InChI is InChI=1S/C22H17N3O3S2/c26-20-12-14(23-22-25(20)16-7-2-4-9-18(16)30-22)13-28-21(27)11-5-10-19-24-15-6-1-3-8-17(15)29-19/h1-4,6-9,12H,5,10-11,13H2. The molecule has 0 bridgehead atoms. The summed E-state index contributed by atoms with van der Waals surface area (Å²) in [6.07, 6.45) is 1.71. The van der Waals surface area contributed by atoms with E-state index < -0.39 is 0 Å². The van der Waals surface area contributed by atoms with Gasteiger partial charge in [0.15, 0.2) is 4.96 Å². The Balaban J connectivity index is 1.20. The fraction of sp³-hybridized carbons (Fsp3) is 0.182. The van der Waals surface area contributed by atoms with Gasteiger partial charge in [-0.25, -0.2) is 9.97 Å². The van der Waals surface area contributed by atoms with E-state index in [0.717, 1.165) is 31.9 Å². The van der Waals surface area contributed by atoms with Crippen molar-refractivity contribution in [3.8, 4) is 0 Å². The molecule has 0 N–H and O–H groups in total. The number of carbonyl (C=O) groups excluding carboxylic acids is 1. The second-order valence-electron chi connectivity index (χ2n) is 6.86. The van der Waals surface area contributed by atoms with Gasteiger partial charge in [-0.3, -0.25) is 14.0 Å². The van der Waals surface area contributed by atoms with Crippen molar-refractivity contribution in [1.82, 2.24) is 14.4 Å². The fourth-order valence-corrected chi connectivity index (χ4v) is 5.39. The van der Waals surface area contributed by atoms with E-state index >= 15 is 0 Å². The lowest BCUT2D eigenvalue weighted by Gasteiger charge is -2.04. The highest BCUT2D eigenvalue weighted by molar-refractivity contribution is 7.23. The zero-order chi connectivity index (χ0) is 20.5. The highest BCUT2D eigenvalue weighted by Crippen LogP contribution is 2.24. The third-order valence-electron chi connectivity index (χ3n) is 4.74. The summed E-state index contributed by atoms with van der Waals surface area (Å²) in [7, 11) is 0. The van der Waals surface area contributed by atoms with Gasteiger partial charge in [0.2, 0.25) is 0 Å². The molecular formula is C22H17N3O3S2. The number of esters is 1. The molecular weight excluding hydrogens is 418 g/mol. The van der Waals surface area contributed by atoms with E-state index in [-0.39, 0.29) is 18.1 Å². The summed E-state index contributed by atoms with van der Waals surface area (Å²) in [5.41, 5.74) is 2.13. The molecule has 8 heteroatoms. The molecule has 0 amide bonds. The summed E-state index contributed by atoms with van der Waals surface area (Å²) < 4.78 is 9.08. The van der Waals surface area contributed by atoms with Crippen LogP contribution in [-0.4, -0.2) is 20.3 Å². The molecule has 5 aromatic rings. The van der Waals surface area contributed by atoms with Crippen LogP contribution in [0.15, 0.2) is 59.4 Å². The van der Waals surface area contributed by atoms with Crippen molar-refractivity contribution in [1.29, 1.82) is 0 Å². The van der Waals surface area contributed by atoms with Gasteiger partial charge in [-0.1, -0.05) is 35.6 Å². The van der Waals surface area contributed by atoms with E-state index in [1.807, 2.05) is 48.5 Å². The number of aryl methyl sites for hydroxylation is 1. The normalized spacial score (nSPS) is 11.5. The minimum Gasteiger partial charge on any atom is -0.459 e. The zero-order valence-corrected chi connectivity index (χ0v) is 17.5. The summed E-state index contributed by atoms with van der Waals surface area (Å²) in [4.78, 5) is 34.3. The van der Waals surface area contributed by atoms with Crippen molar-refractivity contribution in [2.24, 2.45) is 0 Å². The maximum absolute atomic E-state index is 12.5. The van der Waals surface area contributed by atoms with Crippen LogP contribution in [0.25, 0.3) is 25.4 Å². The quantitative estimate of drug-likeness (QED) is 0.365. The second kappa shape index (κ2) is 7.97. The van der Waals surface area contributed by atoms with E-state index in [0.29, 0.717) is 23.5 Å². The van der Waals surface area contributed by atoms with Crippen LogP contribution in [0.4, 0.5) is 0 Å². The first-order valence-electron chi connectivity index (χ1n) is 9.58. The van der Waals surface area contributed by atoms with Gasteiger partial charge in [-0.15, -0.1) is 11.3 Å². The number of nitrogens with zero attached hydrogens (tertiary/aromatic N) is 3. The van der Waals surface area contributed by atoms with Crippen molar-refractivity contribution in [3.05, 3.63) is 75.7 Å². The summed E-state index contributed by atoms with van der Waals surface area (Å²) in [5, 5.41) is 1.02. The van der Waals surface area contributed by atoms with Crippen LogP contribution in [0, 0.1) is 0 Å². The smallest absolute Gasteiger partial charge is 0.306 e. The molecule has 0 radical (unpaired) electrons. The van der Waals surface area contributed by atoms with Gasteiger partial charge in [-0.2, -0.15) is 0 Å². The number of hydrogen-bond donors (Lipinski definition) is 0. The Morgan fingerprint density at radius 2 is 1.80 bits per heavy atom. The molecule has 150 valence electrons. The van der Waals surface area contributed by atoms with Crippen molar-refractivity contribution in [3.63, 3.8) is 0 Å². The van der Waals surface area contributed by atoms with Gasteiger partial charge in [0.25, 0.3) is 5.56 Å². The number of thiazole rings is 2. The molecule has 0 aliphatic carbocycles. The molecule has 3 aromatic heterocycles. The molecule has 0 atom stereocenters. The number of hydrogen-bond acceptors (Lipinski definition) is 7. The predicted molar refractivity (Wildman–Crippen MR) is 119 cm³/mol. The van der Waals surface area contributed by atoms with Crippen molar-refractivity contribution in [2.45, 2.75) is 25.9 Å². The van der Waals surface area contributed by atoms with Gasteiger partial charge in [0.1, 0.15) is 6.61 Å². The van der Waals surface area contributed by atoms with Crippen LogP contribution in [-0.2, 0) is 22.6 Å². The molecule has 0 saturated heterocycles. The summed E-state index contributed by atoms with van der Waals surface area (Å²) >= 11 is 3.10. The molecule has 2 aromatic carbocycles. The maximum Gasteiger partial charge on any atom is 0.306 e. The average Bonchev–Trinajstić information content (AvgIpc) is 3.33. The van der Waals surface area contributed by atoms with Crippen LogP contribution >= 0.6 is 22.7 Å². The number of fused-ring (bicyclic) bond motifs is 4. The van der Waals surface area contributed by atoms with E-state index in [2.05, 4.69) is 9.97 Å². The molecule has 0 spiro atoms. The molecule has 0 fully saturated rings. The van der Waals surface area contributed by atoms with E-state index in [1.165, 1.54) is 17.4 Å². The van der Waals surface area contributed by atoms with Gasteiger partial charge < -0.3 is 4.74 Å². The second-order valence-corrected chi connectivity index (χ2v) is 8.99. The molecule has 0 aliphatic rings. The van der Waals surface area contributed by atoms with Crippen LogP contribution < -0.4 is 5.56 Å². The zero-order valence-electron chi connectivity index (χ0n) is 15.9. The number of rotatable bonds is 6. The lowest BCUT2D eigenvalue weighted by Crippen LogP contribution is -2.15. The van der Waals surface area contributed by atoms with Gasteiger partial charge in [0, 0.05) is 12.5 Å². The number of aromatic nitrogens is 3. The Bertz CT molecular complexity index is 1400. The third-order valence-corrected chi connectivity index (χ3v) is 6.86. The van der Waals surface area contributed by atoms with Crippen molar-refractivity contribution in [2.75, 3.05) is 0 Å². The molecule has 6 nitrogen and oxygen atoms in total. The molecule has 0 saturated carbocycles. The Kier molecular flexibility index (Phi) is 5.02. The molecule has 0 unspecified atom stereocenters. The lowest BCUT2D eigenvalue weighted by molar-refractivity contribution is -0.145. The topological polar surface area (TPSA) is 73.6 Å². The molecule has 0 aliphatic heterocycles. The van der Waals surface area contributed by atoms with Crippen LogP contribution in [0.1, 0.15) is 23.5 Å².